The van der Waals surface area contributed by atoms with Gasteiger partial charge in [0.25, 0.3) is 0 Å². The summed E-state index contributed by atoms with van der Waals surface area (Å²) >= 11 is 0. The van der Waals surface area contributed by atoms with E-state index in [1.807, 2.05) is 18.5 Å². The number of nitrogens with one attached hydrogen (secondary N) is 1. The van der Waals surface area contributed by atoms with E-state index in [1.54, 1.807) is 0 Å². The molecule has 1 aromatic heterocycles. The fourth-order valence-electron chi connectivity index (χ4n) is 5.39. The van der Waals surface area contributed by atoms with E-state index < -0.39 is 0 Å². The van der Waals surface area contributed by atoms with Gasteiger partial charge >= 0.3 is 0 Å². The Labute approximate surface area is 234 Å². The van der Waals surface area contributed by atoms with Crippen molar-refractivity contribution in [3.63, 3.8) is 0 Å². The summed E-state index contributed by atoms with van der Waals surface area (Å²) in [6.45, 7) is 0. The van der Waals surface area contributed by atoms with Crippen LogP contribution in [-0.4, -0.2) is 10.8 Å². The van der Waals surface area contributed by atoms with Crippen LogP contribution >= 0.6 is 0 Å². The number of amidine groups is 1. The molecular weight excluding hydrogens is 486 g/mol. The van der Waals surface area contributed by atoms with Crippen LogP contribution in [0.4, 0.5) is 5.69 Å². The van der Waals surface area contributed by atoms with Crippen molar-refractivity contribution in [2.24, 2.45) is 4.99 Å². The van der Waals surface area contributed by atoms with Gasteiger partial charge in [-0.3, -0.25) is 4.98 Å². The summed E-state index contributed by atoms with van der Waals surface area (Å²) in [4.78, 5) is 9.47. The van der Waals surface area contributed by atoms with Gasteiger partial charge in [0.1, 0.15) is 5.84 Å². The van der Waals surface area contributed by atoms with Gasteiger partial charge in [0.15, 0.2) is 0 Å². The first-order valence-electron chi connectivity index (χ1n) is 13.5. The van der Waals surface area contributed by atoms with Gasteiger partial charge in [-0.2, -0.15) is 0 Å². The lowest BCUT2D eigenvalue weighted by Gasteiger charge is -2.28. The fraction of sp³-hybridized carbons (Fsp3) is 0.0270. The highest BCUT2D eigenvalue weighted by molar-refractivity contribution is 6.04. The summed E-state index contributed by atoms with van der Waals surface area (Å²) in [6, 6.07) is 49.0. The third kappa shape index (κ3) is 4.70. The summed E-state index contributed by atoms with van der Waals surface area (Å²) < 4.78 is 0. The molecule has 0 saturated carbocycles. The van der Waals surface area contributed by atoms with E-state index in [0.717, 1.165) is 39.3 Å². The Morgan fingerprint density at radius 1 is 0.450 bits per heavy atom. The van der Waals surface area contributed by atoms with Gasteiger partial charge in [0, 0.05) is 23.5 Å². The smallest absolute Gasteiger partial charge is 0.134 e. The molecule has 1 atom stereocenters. The molecule has 1 aliphatic rings. The van der Waals surface area contributed by atoms with Gasteiger partial charge in [-0.05, 0) is 75.3 Å². The molecule has 0 spiro atoms. The SMILES string of the molecule is c1ccc(-c2cc(C3=Nc4cc(-c5ccccc5)ccc4C(c4ccccc4)N3)cc(-c3ccncc3)c2)cc1. The number of hydrogen-bond acceptors (Lipinski definition) is 3. The van der Waals surface area contributed by atoms with Gasteiger partial charge in [0.2, 0.25) is 0 Å². The molecule has 7 rings (SSSR count). The van der Waals surface area contributed by atoms with E-state index in [-0.39, 0.29) is 6.04 Å². The van der Waals surface area contributed by atoms with E-state index in [9.17, 15) is 0 Å². The number of hydrogen-bond donors (Lipinski definition) is 1. The molecule has 5 aromatic carbocycles. The Bertz CT molecular complexity index is 1740. The van der Waals surface area contributed by atoms with Gasteiger partial charge in [-0.1, -0.05) is 103 Å². The van der Waals surface area contributed by atoms with Crippen LogP contribution < -0.4 is 5.32 Å². The van der Waals surface area contributed by atoms with E-state index in [2.05, 4.69) is 144 Å². The number of rotatable bonds is 5. The number of aromatic nitrogens is 1. The molecule has 6 aromatic rings. The minimum absolute atomic E-state index is 0.0155. The zero-order chi connectivity index (χ0) is 26.7. The summed E-state index contributed by atoms with van der Waals surface area (Å²) in [6.07, 6.45) is 3.68. The lowest BCUT2D eigenvalue weighted by Crippen LogP contribution is -2.32. The molecule has 0 radical (unpaired) electrons. The number of aliphatic imine (C=N–C) groups is 1. The predicted octanol–water partition coefficient (Wildman–Crippen LogP) is 8.85. The van der Waals surface area contributed by atoms with E-state index in [1.165, 1.54) is 22.3 Å². The van der Waals surface area contributed by atoms with Crippen molar-refractivity contribution in [2.45, 2.75) is 6.04 Å². The van der Waals surface area contributed by atoms with Crippen molar-refractivity contribution >= 4 is 11.5 Å². The first-order chi connectivity index (χ1) is 19.8. The molecule has 3 heteroatoms. The standard InChI is InChI=1S/C37H27N3/c1-4-10-26(11-5-1)30-16-17-34-35(25-30)39-37(40-36(34)29-14-8-3-9-15-29)33-23-31(27-12-6-2-7-13-27)22-32(24-33)28-18-20-38-21-19-28/h1-25,36H,(H,39,40). The summed E-state index contributed by atoms with van der Waals surface area (Å²) in [7, 11) is 0. The molecule has 1 N–H and O–H groups in total. The van der Waals surface area contributed by atoms with Crippen molar-refractivity contribution in [3.8, 4) is 33.4 Å². The van der Waals surface area contributed by atoms with E-state index >= 15 is 0 Å². The topological polar surface area (TPSA) is 37.3 Å². The molecule has 0 fully saturated rings. The van der Waals surface area contributed by atoms with Crippen LogP contribution in [0.3, 0.4) is 0 Å². The molecule has 1 unspecified atom stereocenters. The van der Waals surface area contributed by atoms with Crippen molar-refractivity contribution < 1.29 is 0 Å². The molecule has 0 aliphatic carbocycles. The third-order valence-corrected chi connectivity index (χ3v) is 7.42. The molecule has 0 amide bonds. The van der Waals surface area contributed by atoms with E-state index in [4.69, 9.17) is 4.99 Å². The van der Waals surface area contributed by atoms with Gasteiger partial charge in [-0.25, -0.2) is 4.99 Å². The van der Waals surface area contributed by atoms with Crippen LogP contribution in [0.25, 0.3) is 33.4 Å². The maximum atomic E-state index is 5.24. The summed E-state index contributed by atoms with van der Waals surface area (Å²) in [5, 5.41) is 3.80. The average Bonchev–Trinajstić information content (AvgIpc) is 3.05. The van der Waals surface area contributed by atoms with Crippen LogP contribution in [0, 0.1) is 0 Å². The van der Waals surface area contributed by atoms with Crippen LogP contribution in [0.2, 0.25) is 0 Å². The highest BCUT2D eigenvalue weighted by atomic mass is 15.1. The average molecular weight is 514 g/mol. The molecule has 40 heavy (non-hydrogen) atoms. The Morgan fingerprint density at radius 2 is 1.00 bits per heavy atom. The van der Waals surface area contributed by atoms with E-state index in [0.29, 0.717) is 0 Å². The quantitative estimate of drug-likeness (QED) is 0.250. The molecule has 3 nitrogen and oxygen atoms in total. The predicted molar refractivity (Wildman–Crippen MR) is 165 cm³/mol. The van der Waals surface area contributed by atoms with Crippen LogP contribution in [0.5, 0.6) is 0 Å². The Kier molecular flexibility index (Phi) is 6.23. The summed E-state index contributed by atoms with van der Waals surface area (Å²) in [5.41, 5.74) is 11.3. The van der Waals surface area contributed by atoms with Crippen molar-refractivity contribution in [3.05, 3.63) is 169 Å². The second-order valence-corrected chi connectivity index (χ2v) is 9.99. The Balaban J connectivity index is 1.41. The number of nitrogens with zero attached hydrogens (tertiary/aromatic N) is 2. The van der Waals surface area contributed by atoms with Crippen molar-refractivity contribution in [1.82, 2.24) is 10.3 Å². The molecule has 190 valence electrons. The van der Waals surface area contributed by atoms with Gasteiger partial charge in [-0.15, -0.1) is 0 Å². The van der Waals surface area contributed by atoms with Gasteiger partial charge in [0.05, 0.1) is 11.7 Å². The number of benzene rings is 5. The Hall–Kier alpha value is -5.28. The normalized spacial score (nSPS) is 14.1. The minimum Gasteiger partial charge on any atom is -0.359 e. The van der Waals surface area contributed by atoms with Crippen molar-refractivity contribution in [2.75, 3.05) is 0 Å². The molecular formula is C37H27N3. The maximum absolute atomic E-state index is 5.24. The van der Waals surface area contributed by atoms with Crippen LogP contribution in [0.1, 0.15) is 22.7 Å². The lowest BCUT2D eigenvalue weighted by molar-refractivity contribution is 0.749. The highest BCUT2D eigenvalue weighted by Gasteiger charge is 2.25. The zero-order valence-electron chi connectivity index (χ0n) is 21.9. The highest BCUT2D eigenvalue weighted by Crippen LogP contribution is 2.38. The minimum atomic E-state index is -0.0155. The largest absolute Gasteiger partial charge is 0.359 e. The molecule has 1 aliphatic heterocycles. The second-order valence-electron chi connectivity index (χ2n) is 9.99. The zero-order valence-corrected chi connectivity index (χ0v) is 21.9. The number of fused-ring (bicyclic) bond motifs is 1. The molecule has 2 heterocycles. The molecule has 0 saturated heterocycles. The maximum Gasteiger partial charge on any atom is 0.134 e. The number of pyridine rings is 1. The third-order valence-electron chi connectivity index (χ3n) is 7.42. The monoisotopic (exact) mass is 513 g/mol. The summed E-state index contributed by atoms with van der Waals surface area (Å²) in [5.74, 6) is 0.861. The van der Waals surface area contributed by atoms with Crippen molar-refractivity contribution in [1.29, 1.82) is 0 Å². The first-order valence-corrected chi connectivity index (χ1v) is 13.5. The fourth-order valence-corrected chi connectivity index (χ4v) is 5.39. The molecule has 0 bridgehead atoms. The van der Waals surface area contributed by atoms with Crippen LogP contribution in [-0.2, 0) is 0 Å². The van der Waals surface area contributed by atoms with Crippen LogP contribution in [0.15, 0.2) is 157 Å². The van der Waals surface area contributed by atoms with Gasteiger partial charge < -0.3 is 5.32 Å². The Morgan fingerprint density at radius 3 is 1.65 bits per heavy atom. The first kappa shape index (κ1) is 23.8. The second kappa shape index (κ2) is 10.5. The lowest BCUT2D eigenvalue weighted by atomic mass is 9.91.